The first-order valence-corrected chi connectivity index (χ1v) is 17.0. The molecule has 0 aliphatic rings. The number of para-hydroxylation sites is 1. The van der Waals surface area contributed by atoms with E-state index < -0.39 is 43.7 Å². The second-order valence-electron chi connectivity index (χ2n) is 11.1. The van der Waals surface area contributed by atoms with Crippen molar-refractivity contribution in [3.8, 4) is 17.4 Å². The number of amides is 1. The average Bonchev–Trinajstić information content (AvgIpc) is 3.39. The molecule has 3 aromatic carbocycles. The maximum atomic E-state index is 13.8. The molecule has 14 heteroatoms. The number of aromatic hydroxyl groups is 2. The summed E-state index contributed by atoms with van der Waals surface area (Å²) >= 11 is 0. The minimum absolute atomic E-state index is 0.0238. The fourth-order valence-electron chi connectivity index (χ4n) is 5.15. The molecule has 2 heterocycles. The molecular weight excluding hydrogens is 642 g/mol. The predicted molar refractivity (Wildman–Crippen MR) is 178 cm³/mol. The van der Waals surface area contributed by atoms with Gasteiger partial charge < -0.3 is 34.1 Å². The summed E-state index contributed by atoms with van der Waals surface area (Å²) in [4.78, 5) is 30.3. The van der Waals surface area contributed by atoms with Gasteiger partial charge in [0.15, 0.2) is 5.75 Å². The number of carbonyl (C=O) groups is 2. The van der Waals surface area contributed by atoms with Crippen LogP contribution in [0.3, 0.4) is 0 Å². The van der Waals surface area contributed by atoms with Crippen molar-refractivity contribution < 1.29 is 42.8 Å². The molecule has 0 aliphatic heterocycles. The van der Waals surface area contributed by atoms with Crippen molar-refractivity contribution in [2.45, 2.75) is 39.5 Å². The zero-order valence-corrected chi connectivity index (χ0v) is 27.4. The number of aromatic nitrogens is 2. The van der Waals surface area contributed by atoms with Crippen LogP contribution in [0.5, 0.6) is 17.4 Å². The Morgan fingerprint density at radius 2 is 1.75 bits per heavy atom. The highest BCUT2D eigenvalue weighted by Gasteiger charge is 2.32. The minimum Gasteiger partial charge on any atom is -0.505 e. The van der Waals surface area contributed by atoms with Crippen molar-refractivity contribution in [1.82, 2.24) is 20.0 Å². The largest absolute Gasteiger partial charge is 0.505 e. The smallest absolute Gasteiger partial charge is 0.342 e. The Balaban J connectivity index is 1.35. The number of rotatable bonds is 14. The van der Waals surface area contributed by atoms with Crippen LogP contribution in [0.1, 0.15) is 36.7 Å². The number of hydrogen-bond acceptors (Lipinski definition) is 9. The number of halogens is 1. The van der Waals surface area contributed by atoms with E-state index in [2.05, 4.69) is 15.4 Å². The number of esters is 1. The van der Waals surface area contributed by atoms with Crippen LogP contribution < -0.4 is 14.9 Å². The van der Waals surface area contributed by atoms with Gasteiger partial charge in [-0.15, -0.1) is 0 Å². The predicted octanol–water partition coefficient (Wildman–Crippen LogP) is 5.69. The van der Waals surface area contributed by atoms with Gasteiger partial charge in [0.1, 0.15) is 29.5 Å². The number of phenolic OH excluding ortho intramolecular Hbond substituents is 1. The molecule has 0 radical (unpaired) electrons. The lowest BCUT2D eigenvalue weighted by Gasteiger charge is -2.25. The van der Waals surface area contributed by atoms with Crippen molar-refractivity contribution in [2.75, 3.05) is 19.5 Å². The molecule has 12 nitrogen and oxygen atoms in total. The number of phenols is 1. The minimum atomic E-state index is -3.81. The fourth-order valence-corrected chi connectivity index (χ4v) is 6.93. The van der Waals surface area contributed by atoms with Gasteiger partial charge in [-0.25, -0.2) is 9.48 Å². The lowest BCUT2D eigenvalue weighted by atomic mass is 10.0. The summed E-state index contributed by atoms with van der Waals surface area (Å²) in [6.07, 6.45) is 1.90. The van der Waals surface area contributed by atoms with E-state index in [-0.39, 0.29) is 53.2 Å². The molecule has 0 saturated heterocycles. The summed E-state index contributed by atoms with van der Waals surface area (Å²) in [7, 11) is -3.81. The van der Waals surface area contributed by atoms with E-state index in [9.17, 15) is 28.8 Å². The van der Waals surface area contributed by atoms with Gasteiger partial charge in [-0.3, -0.25) is 19.1 Å². The Morgan fingerprint density at radius 1 is 1.02 bits per heavy atom. The molecule has 5 rings (SSSR count). The summed E-state index contributed by atoms with van der Waals surface area (Å²) < 4.78 is 45.4. The van der Waals surface area contributed by atoms with E-state index >= 15 is 0 Å². The summed E-state index contributed by atoms with van der Waals surface area (Å²) in [6.45, 7) is 5.11. The third kappa shape index (κ3) is 7.76. The standard InChI is InChI=1S/C34H36FN4O8P/c1-4-45-34(43)22(3)38-48(44,47-25-9-6-5-7-10-25)20-46-21(2)17-37-32(41)28-26-11-8-16-36-30(26)31(40)29-27(28)19-39(33(29)42)18-23-12-14-24(35)15-13-23/h5-16,19,21-22,40,42H,4,17-18,20H2,1-3H3,(H,37,41)(H,38,44)/t21-,22+,48?/m1/s1. The number of benzene rings is 3. The topological polar surface area (TPSA) is 161 Å². The Hall–Kier alpha value is -4.97. The molecule has 48 heavy (non-hydrogen) atoms. The van der Waals surface area contributed by atoms with Crippen molar-refractivity contribution >= 4 is 41.1 Å². The highest BCUT2D eigenvalue weighted by atomic mass is 31.2. The fraction of sp³-hybridized carbons (Fsp3) is 0.265. The Bertz CT molecular complexity index is 1970. The molecular formula is C34H36FN4O8P. The number of nitrogens with one attached hydrogen (secondary N) is 2. The van der Waals surface area contributed by atoms with Crippen LogP contribution in [0.15, 0.2) is 79.1 Å². The highest BCUT2D eigenvalue weighted by molar-refractivity contribution is 7.57. The van der Waals surface area contributed by atoms with Gasteiger partial charge in [0, 0.05) is 29.7 Å². The van der Waals surface area contributed by atoms with Crippen LogP contribution in [-0.2, 0) is 25.4 Å². The van der Waals surface area contributed by atoms with Gasteiger partial charge in [-0.2, -0.15) is 0 Å². The lowest BCUT2D eigenvalue weighted by molar-refractivity contribution is -0.144. The van der Waals surface area contributed by atoms with Gasteiger partial charge in [0.2, 0.25) is 5.88 Å². The van der Waals surface area contributed by atoms with Crippen molar-refractivity contribution in [3.63, 3.8) is 0 Å². The van der Waals surface area contributed by atoms with Crippen LogP contribution >= 0.6 is 7.52 Å². The van der Waals surface area contributed by atoms with Crippen LogP contribution in [0, 0.1) is 5.82 Å². The number of ether oxygens (including phenoxy) is 2. The van der Waals surface area contributed by atoms with Crippen LogP contribution in [0.2, 0.25) is 0 Å². The van der Waals surface area contributed by atoms with E-state index in [1.807, 2.05) is 0 Å². The van der Waals surface area contributed by atoms with E-state index in [4.69, 9.17) is 14.0 Å². The molecule has 0 saturated carbocycles. The van der Waals surface area contributed by atoms with E-state index in [0.717, 1.165) is 0 Å². The first-order chi connectivity index (χ1) is 23.0. The quantitative estimate of drug-likeness (QED) is 0.0848. The molecule has 4 N–H and O–H groups in total. The molecule has 0 aliphatic carbocycles. The number of nitrogens with zero attached hydrogens (tertiary/aromatic N) is 2. The SMILES string of the molecule is CCOC(=O)[C@H](C)NP(=O)(CO[C@H](C)CNC(=O)c1c2cccnc2c(O)c2c(O)n(Cc3ccc(F)cc3)cc12)Oc1ccccc1. The summed E-state index contributed by atoms with van der Waals surface area (Å²) in [5.74, 6) is -1.81. The Morgan fingerprint density at radius 3 is 2.46 bits per heavy atom. The molecule has 1 unspecified atom stereocenters. The second-order valence-corrected chi connectivity index (χ2v) is 13.2. The molecule has 3 atom stereocenters. The van der Waals surface area contributed by atoms with Gasteiger partial charge in [0.05, 0.1) is 30.2 Å². The molecule has 5 aromatic rings. The van der Waals surface area contributed by atoms with Crippen molar-refractivity contribution in [2.24, 2.45) is 0 Å². The maximum absolute atomic E-state index is 13.8. The number of carbonyl (C=O) groups excluding carboxylic acids is 2. The van der Waals surface area contributed by atoms with Crippen LogP contribution in [0.25, 0.3) is 21.7 Å². The zero-order valence-electron chi connectivity index (χ0n) is 26.6. The van der Waals surface area contributed by atoms with E-state index in [0.29, 0.717) is 16.7 Å². The molecule has 2 aromatic heterocycles. The third-order valence-electron chi connectivity index (χ3n) is 7.46. The first kappa shape index (κ1) is 34.4. The first-order valence-electron chi connectivity index (χ1n) is 15.2. The van der Waals surface area contributed by atoms with Gasteiger partial charge in [-0.05, 0) is 56.7 Å². The Labute approximate surface area is 276 Å². The summed E-state index contributed by atoms with van der Waals surface area (Å²) in [5, 5.41) is 28.4. The second kappa shape index (κ2) is 14.8. The maximum Gasteiger partial charge on any atom is 0.342 e. The van der Waals surface area contributed by atoms with Crippen LogP contribution in [-0.4, -0.2) is 63.3 Å². The Kier molecular flexibility index (Phi) is 10.6. The lowest BCUT2D eigenvalue weighted by Crippen LogP contribution is -2.37. The monoisotopic (exact) mass is 678 g/mol. The number of pyridine rings is 1. The van der Waals surface area contributed by atoms with Crippen LogP contribution in [0.4, 0.5) is 4.39 Å². The molecule has 0 bridgehead atoms. The van der Waals surface area contributed by atoms with Crippen molar-refractivity contribution in [3.05, 3.63) is 96.1 Å². The van der Waals surface area contributed by atoms with E-state index in [1.165, 1.54) is 29.8 Å². The zero-order chi connectivity index (χ0) is 34.4. The summed E-state index contributed by atoms with van der Waals surface area (Å²) in [6, 6.07) is 16.5. The molecule has 252 valence electrons. The van der Waals surface area contributed by atoms with Crippen molar-refractivity contribution in [1.29, 1.82) is 0 Å². The third-order valence-corrected chi connectivity index (χ3v) is 9.23. The highest BCUT2D eigenvalue weighted by Crippen LogP contribution is 2.44. The van der Waals surface area contributed by atoms with Gasteiger partial charge >= 0.3 is 13.5 Å². The molecule has 0 spiro atoms. The molecule has 0 fully saturated rings. The summed E-state index contributed by atoms with van der Waals surface area (Å²) in [5.41, 5.74) is 0.968. The number of fused-ring (bicyclic) bond motifs is 2. The van der Waals surface area contributed by atoms with Gasteiger partial charge in [0.25, 0.3) is 5.91 Å². The average molecular weight is 679 g/mol. The molecule has 1 amide bonds. The van der Waals surface area contributed by atoms with E-state index in [1.54, 1.807) is 74.6 Å². The number of hydrogen-bond donors (Lipinski definition) is 4. The van der Waals surface area contributed by atoms with Gasteiger partial charge in [-0.1, -0.05) is 36.4 Å². The normalized spacial score (nSPS) is 13.9.